The fourth-order valence-electron chi connectivity index (χ4n) is 1.54. The van der Waals surface area contributed by atoms with Gasteiger partial charge in [-0.3, -0.25) is 9.52 Å². The fourth-order valence-corrected chi connectivity index (χ4v) is 2.98. The maximum atomic E-state index is 11.2. The first kappa shape index (κ1) is 15.9. The van der Waals surface area contributed by atoms with E-state index in [1.165, 1.54) is 11.3 Å². The van der Waals surface area contributed by atoms with Crippen LogP contribution >= 0.6 is 27.3 Å². The molecule has 0 atom stereocenters. The van der Waals surface area contributed by atoms with Crippen molar-refractivity contribution in [2.75, 3.05) is 21.6 Å². The molecule has 0 saturated carbocycles. The summed E-state index contributed by atoms with van der Waals surface area (Å²) in [7, 11) is -3.28. The topological polar surface area (TPSA) is 88.2 Å². The van der Waals surface area contributed by atoms with Gasteiger partial charge < -0.3 is 5.32 Å². The van der Waals surface area contributed by atoms with Gasteiger partial charge in [-0.05, 0) is 12.1 Å². The number of nitrogens with one attached hydrogen (secondary N) is 2. The monoisotopic (exact) mass is 389 g/mol. The van der Waals surface area contributed by atoms with Crippen LogP contribution in [-0.4, -0.2) is 30.9 Å². The Kier molecular flexibility index (Phi) is 4.96. The SMILES string of the molecule is CS(=O)(=O)Nc1ccc(-c2csc(NC(=O)CBr)n2)cc1. The van der Waals surface area contributed by atoms with Gasteiger partial charge in [-0.2, -0.15) is 0 Å². The van der Waals surface area contributed by atoms with E-state index < -0.39 is 10.0 Å². The van der Waals surface area contributed by atoms with Crippen molar-refractivity contribution in [1.29, 1.82) is 0 Å². The molecule has 1 aromatic heterocycles. The molecule has 2 N–H and O–H groups in total. The normalized spacial score (nSPS) is 11.1. The maximum absolute atomic E-state index is 11.2. The molecule has 2 rings (SSSR count). The molecule has 1 heterocycles. The van der Waals surface area contributed by atoms with Crippen LogP contribution in [0.25, 0.3) is 11.3 Å². The number of aromatic nitrogens is 1. The van der Waals surface area contributed by atoms with Crippen LogP contribution in [0.4, 0.5) is 10.8 Å². The lowest BCUT2D eigenvalue weighted by Gasteiger charge is -2.04. The minimum Gasteiger partial charge on any atom is -0.301 e. The Morgan fingerprint density at radius 1 is 1.33 bits per heavy atom. The number of nitrogens with zero attached hydrogens (tertiary/aromatic N) is 1. The third-order valence-corrected chi connectivity index (χ3v) is 4.23. The van der Waals surface area contributed by atoms with Gasteiger partial charge in [0.05, 0.1) is 17.3 Å². The molecule has 1 amide bonds. The van der Waals surface area contributed by atoms with Gasteiger partial charge in [0.25, 0.3) is 0 Å². The average Bonchev–Trinajstić information content (AvgIpc) is 2.86. The van der Waals surface area contributed by atoms with E-state index in [9.17, 15) is 13.2 Å². The van der Waals surface area contributed by atoms with Crippen molar-refractivity contribution in [3.8, 4) is 11.3 Å². The van der Waals surface area contributed by atoms with Gasteiger partial charge in [0, 0.05) is 16.6 Å². The van der Waals surface area contributed by atoms with Crippen LogP contribution in [0.1, 0.15) is 0 Å². The third kappa shape index (κ3) is 4.80. The third-order valence-electron chi connectivity index (χ3n) is 2.36. The Hall–Kier alpha value is -1.45. The van der Waals surface area contributed by atoms with E-state index in [2.05, 4.69) is 31.0 Å². The van der Waals surface area contributed by atoms with E-state index in [1.54, 1.807) is 24.3 Å². The molecule has 1 aromatic carbocycles. The quantitative estimate of drug-likeness (QED) is 0.768. The summed E-state index contributed by atoms with van der Waals surface area (Å²) in [6, 6.07) is 6.84. The molecule has 112 valence electrons. The van der Waals surface area contributed by atoms with Crippen molar-refractivity contribution in [3.05, 3.63) is 29.6 Å². The molecule has 0 aliphatic heterocycles. The van der Waals surface area contributed by atoms with Gasteiger partial charge in [0.2, 0.25) is 15.9 Å². The zero-order valence-electron chi connectivity index (χ0n) is 11.0. The van der Waals surface area contributed by atoms with E-state index in [0.717, 1.165) is 17.5 Å². The minimum absolute atomic E-state index is 0.163. The second kappa shape index (κ2) is 6.54. The van der Waals surface area contributed by atoms with Crippen molar-refractivity contribution in [3.63, 3.8) is 0 Å². The lowest BCUT2D eigenvalue weighted by Crippen LogP contribution is -2.11. The molecular formula is C12H12BrN3O3S2. The number of alkyl halides is 1. The second-order valence-corrected chi connectivity index (χ2v) is 7.34. The zero-order chi connectivity index (χ0) is 15.5. The molecule has 0 unspecified atom stereocenters. The van der Waals surface area contributed by atoms with Crippen LogP contribution in [0.3, 0.4) is 0 Å². The summed E-state index contributed by atoms with van der Waals surface area (Å²) in [5.74, 6) is -0.163. The second-order valence-electron chi connectivity index (χ2n) is 4.17. The Balaban J connectivity index is 2.14. The summed E-state index contributed by atoms with van der Waals surface area (Å²) >= 11 is 4.39. The molecule has 9 heteroatoms. The first-order chi connectivity index (χ1) is 9.87. The van der Waals surface area contributed by atoms with Crippen LogP contribution in [0.5, 0.6) is 0 Å². The van der Waals surface area contributed by atoms with Gasteiger partial charge in [-0.15, -0.1) is 11.3 Å². The molecule has 2 aromatic rings. The van der Waals surface area contributed by atoms with Crippen molar-refractivity contribution < 1.29 is 13.2 Å². The number of rotatable bonds is 5. The van der Waals surface area contributed by atoms with E-state index in [1.807, 2.05) is 5.38 Å². The number of benzene rings is 1. The summed E-state index contributed by atoms with van der Waals surface area (Å²) in [4.78, 5) is 15.5. The van der Waals surface area contributed by atoms with Gasteiger partial charge in [0.15, 0.2) is 5.13 Å². The predicted molar refractivity (Wildman–Crippen MR) is 88.4 cm³/mol. The summed E-state index contributed by atoms with van der Waals surface area (Å²) in [5.41, 5.74) is 2.05. The molecule has 0 aliphatic rings. The molecule has 0 aliphatic carbocycles. The Morgan fingerprint density at radius 3 is 2.57 bits per heavy atom. The number of amides is 1. The number of hydrogen-bond acceptors (Lipinski definition) is 5. The Bertz CT molecular complexity index is 741. The number of sulfonamides is 1. The largest absolute Gasteiger partial charge is 0.301 e. The maximum Gasteiger partial charge on any atom is 0.236 e. The number of carbonyl (C=O) groups excluding carboxylic acids is 1. The highest BCUT2D eigenvalue weighted by Crippen LogP contribution is 2.26. The molecule has 0 bridgehead atoms. The Labute approximate surface area is 134 Å². The van der Waals surface area contributed by atoms with E-state index in [4.69, 9.17) is 0 Å². The summed E-state index contributed by atoms with van der Waals surface area (Å²) in [5, 5.41) is 5.21. The number of anilines is 2. The molecule has 0 saturated heterocycles. The fraction of sp³-hybridized carbons (Fsp3) is 0.167. The van der Waals surface area contributed by atoms with Gasteiger partial charge in [-0.25, -0.2) is 13.4 Å². The number of thiazole rings is 1. The van der Waals surface area contributed by atoms with Crippen LogP contribution in [-0.2, 0) is 14.8 Å². The van der Waals surface area contributed by atoms with Gasteiger partial charge in [-0.1, -0.05) is 28.1 Å². The summed E-state index contributed by atoms with van der Waals surface area (Å²) < 4.78 is 24.6. The summed E-state index contributed by atoms with van der Waals surface area (Å²) in [6.07, 6.45) is 1.10. The molecule has 21 heavy (non-hydrogen) atoms. The standard InChI is InChI=1S/C12H12BrN3O3S2/c1-21(18,19)16-9-4-2-8(3-5-9)10-7-20-12(14-10)15-11(17)6-13/h2-5,7,16H,6H2,1H3,(H,14,15,17). The number of carbonyl (C=O) groups is 1. The minimum atomic E-state index is -3.28. The molecule has 0 spiro atoms. The molecule has 0 fully saturated rings. The van der Waals surface area contributed by atoms with Crippen molar-refractivity contribution in [2.24, 2.45) is 0 Å². The Morgan fingerprint density at radius 2 is 2.00 bits per heavy atom. The highest BCUT2D eigenvalue weighted by Gasteiger charge is 2.08. The van der Waals surface area contributed by atoms with Crippen molar-refractivity contribution in [2.45, 2.75) is 0 Å². The van der Waals surface area contributed by atoms with Crippen molar-refractivity contribution in [1.82, 2.24) is 4.98 Å². The van der Waals surface area contributed by atoms with Crippen LogP contribution in [0, 0.1) is 0 Å². The first-order valence-electron chi connectivity index (χ1n) is 5.77. The predicted octanol–water partition coefficient (Wildman–Crippen LogP) is 2.52. The van der Waals surface area contributed by atoms with Crippen molar-refractivity contribution >= 4 is 54.0 Å². The van der Waals surface area contributed by atoms with Gasteiger partial charge >= 0.3 is 0 Å². The molecule has 0 radical (unpaired) electrons. The lowest BCUT2D eigenvalue weighted by molar-refractivity contribution is -0.113. The lowest BCUT2D eigenvalue weighted by atomic mass is 10.1. The van der Waals surface area contributed by atoms with Crippen LogP contribution < -0.4 is 10.0 Å². The van der Waals surface area contributed by atoms with E-state index in [0.29, 0.717) is 10.8 Å². The van der Waals surface area contributed by atoms with Gasteiger partial charge in [0.1, 0.15) is 0 Å². The highest BCUT2D eigenvalue weighted by atomic mass is 79.9. The smallest absolute Gasteiger partial charge is 0.236 e. The van der Waals surface area contributed by atoms with Crippen LogP contribution in [0.15, 0.2) is 29.6 Å². The zero-order valence-corrected chi connectivity index (χ0v) is 14.2. The van der Waals surface area contributed by atoms with E-state index >= 15 is 0 Å². The summed E-state index contributed by atoms with van der Waals surface area (Å²) in [6.45, 7) is 0. The number of halogens is 1. The van der Waals surface area contributed by atoms with E-state index in [-0.39, 0.29) is 11.2 Å². The van der Waals surface area contributed by atoms with Crippen LogP contribution in [0.2, 0.25) is 0 Å². The average molecular weight is 390 g/mol. The first-order valence-corrected chi connectivity index (χ1v) is 9.66. The number of hydrogen-bond donors (Lipinski definition) is 2. The molecular weight excluding hydrogens is 378 g/mol. The molecule has 6 nitrogen and oxygen atoms in total. The highest BCUT2D eigenvalue weighted by molar-refractivity contribution is 9.09.